The summed E-state index contributed by atoms with van der Waals surface area (Å²) in [5.41, 5.74) is 1.39. The number of amides is 1. The Bertz CT molecular complexity index is 854. The van der Waals surface area contributed by atoms with Crippen LogP contribution >= 0.6 is 0 Å². The van der Waals surface area contributed by atoms with Gasteiger partial charge in [0.15, 0.2) is 9.84 Å². The molecule has 1 N–H and O–H groups in total. The van der Waals surface area contributed by atoms with Gasteiger partial charge in [-0.15, -0.1) is 0 Å². The molecule has 0 aromatic carbocycles. The van der Waals surface area contributed by atoms with Crippen LogP contribution in [0.25, 0.3) is 0 Å². The number of anilines is 1. The number of hydrogen-bond acceptors (Lipinski definition) is 6. The third-order valence-corrected chi connectivity index (χ3v) is 8.31. The first-order valence-electron chi connectivity index (χ1n) is 10.1. The van der Waals surface area contributed by atoms with E-state index in [1.807, 2.05) is 0 Å². The molecule has 27 heavy (non-hydrogen) atoms. The Morgan fingerprint density at radius 2 is 1.89 bits per heavy atom. The Morgan fingerprint density at radius 1 is 1.11 bits per heavy atom. The van der Waals surface area contributed by atoms with Crippen LogP contribution in [0.2, 0.25) is 0 Å². The molecule has 4 fully saturated rings. The molecule has 3 atom stereocenters. The molecule has 2 heterocycles. The first-order valence-corrected chi connectivity index (χ1v) is 11.9. The first-order chi connectivity index (χ1) is 13.0. The van der Waals surface area contributed by atoms with Crippen LogP contribution in [0.1, 0.15) is 60.5 Å². The molecule has 1 aromatic heterocycles. The quantitative estimate of drug-likeness (QED) is 0.843. The molecule has 1 saturated heterocycles. The zero-order valence-corrected chi connectivity index (χ0v) is 16.2. The second-order valence-electron chi connectivity index (χ2n) is 8.64. The zero-order chi connectivity index (χ0) is 18.6. The molecule has 8 heteroatoms. The highest BCUT2D eigenvalue weighted by molar-refractivity contribution is 7.91. The van der Waals surface area contributed by atoms with Crippen molar-refractivity contribution in [2.24, 2.45) is 11.8 Å². The van der Waals surface area contributed by atoms with E-state index in [2.05, 4.69) is 10.3 Å². The van der Waals surface area contributed by atoms with Crippen molar-refractivity contribution in [1.82, 2.24) is 14.9 Å². The lowest BCUT2D eigenvalue weighted by molar-refractivity contribution is 0.0768. The van der Waals surface area contributed by atoms with Gasteiger partial charge in [-0.1, -0.05) is 6.42 Å². The number of nitrogens with one attached hydrogen (secondary N) is 1. The highest BCUT2D eigenvalue weighted by Crippen LogP contribution is 2.46. The summed E-state index contributed by atoms with van der Waals surface area (Å²) >= 11 is 0. The average molecular weight is 391 g/mol. The molecule has 7 nitrogen and oxygen atoms in total. The number of fused-ring (bicyclic) bond motifs is 2. The predicted octanol–water partition coefficient (Wildman–Crippen LogP) is 1.83. The number of aromatic nitrogens is 2. The molecule has 0 radical (unpaired) electrons. The minimum absolute atomic E-state index is 0.0439. The normalized spacial score (nSPS) is 31.9. The van der Waals surface area contributed by atoms with E-state index < -0.39 is 9.84 Å². The number of carbonyl (C=O) groups excluding carboxylic acids is 1. The summed E-state index contributed by atoms with van der Waals surface area (Å²) in [6.07, 6.45) is 8.94. The third kappa shape index (κ3) is 3.44. The Hall–Kier alpha value is -1.70. The Kier molecular flexibility index (Phi) is 4.14. The van der Waals surface area contributed by atoms with Crippen LogP contribution in [0.4, 0.5) is 5.95 Å². The van der Waals surface area contributed by atoms with Crippen molar-refractivity contribution in [3.05, 3.63) is 17.5 Å². The number of carbonyl (C=O) groups is 1. The summed E-state index contributed by atoms with van der Waals surface area (Å²) in [5.74, 6) is 2.53. The second-order valence-corrected chi connectivity index (χ2v) is 10.9. The van der Waals surface area contributed by atoms with Gasteiger partial charge in [-0.2, -0.15) is 0 Å². The van der Waals surface area contributed by atoms with Crippen LogP contribution in [0, 0.1) is 11.8 Å². The Balaban J connectivity index is 1.34. The van der Waals surface area contributed by atoms with Crippen molar-refractivity contribution in [1.29, 1.82) is 0 Å². The molecule has 3 saturated carbocycles. The van der Waals surface area contributed by atoms with Crippen molar-refractivity contribution < 1.29 is 13.2 Å². The fourth-order valence-electron chi connectivity index (χ4n) is 4.97. The number of hydrogen-bond donors (Lipinski definition) is 1. The van der Waals surface area contributed by atoms with Gasteiger partial charge in [-0.3, -0.25) is 4.79 Å². The SMILES string of the molecule is O=C(c1cnc(N[C@@H]2C[C@H]3CC[C@@H]2C3)nc1C1CC1)N1CCS(=O)(=O)CC1. The standard InChI is InChI=1S/C19H26N4O3S/c24-18(23-5-7-27(25,26)8-6-23)15-11-20-19(22-17(15)13-3-4-13)21-16-10-12-1-2-14(16)9-12/h11-14,16H,1-10H2,(H,20,21,22)/t12-,14+,16+/m0/s1. The van der Waals surface area contributed by atoms with Gasteiger partial charge in [0, 0.05) is 31.2 Å². The van der Waals surface area contributed by atoms with Gasteiger partial charge in [0.25, 0.3) is 5.91 Å². The number of sulfone groups is 1. The van der Waals surface area contributed by atoms with Gasteiger partial charge in [-0.05, 0) is 43.9 Å². The summed E-state index contributed by atoms with van der Waals surface area (Å²) in [7, 11) is -3.01. The van der Waals surface area contributed by atoms with Crippen molar-refractivity contribution in [3.8, 4) is 0 Å². The van der Waals surface area contributed by atoms with Gasteiger partial charge >= 0.3 is 0 Å². The summed E-state index contributed by atoms with van der Waals surface area (Å²) in [5, 5.41) is 3.53. The van der Waals surface area contributed by atoms with E-state index in [-0.39, 0.29) is 30.5 Å². The highest BCUT2D eigenvalue weighted by atomic mass is 32.2. The second kappa shape index (κ2) is 6.43. The predicted molar refractivity (Wildman–Crippen MR) is 101 cm³/mol. The molecule has 1 amide bonds. The lowest BCUT2D eigenvalue weighted by Crippen LogP contribution is -2.44. The molecule has 3 aliphatic carbocycles. The maximum Gasteiger partial charge on any atom is 0.257 e. The summed E-state index contributed by atoms with van der Waals surface area (Å²) in [6.45, 7) is 0.521. The highest BCUT2D eigenvalue weighted by Gasteiger charge is 2.40. The number of nitrogens with zero attached hydrogens (tertiary/aromatic N) is 3. The average Bonchev–Trinajstić information content (AvgIpc) is 3.30. The van der Waals surface area contributed by atoms with Crippen LogP contribution in [-0.2, 0) is 9.84 Å². The topological polar surface area (TPSA) is 92.3 Å². The van der Waals surface area contributed by atoms with E-state index in [4.69, 9.17) is 4.98 Å². The van der Waals surface area contributed by atoms with Gasteiger partial charge in [-0.25, -0.2) is 18.4 Å². The first kappa shape index (κ1) is 17.4. The largest absolute Gasteiger partial charge is 0.351 e. The zero-order valence-electron chi connectivity index (χ0n) is 15.4. The molecule has 146 valence electrons. The van der Waals surface area contributed by atoms with E-state index in [0.717, 1.165) is 30.4 Å². The van der Waals surface area contributed by atoms with Gasteiger partial charge in [0.05, 0.1) is 22.8 Å². The van der Waals surface area contributed by atoms with Crippen molar-refractivity contribution >= 4 is 21.7 Å². The van der Waals surface area contributed by atoms with Gasteiger partial charge in [0.2, 0.25) is 5.95 Å². The molecule has 0 unspecified atom stereocenters. The molecular formula is C19H26N4O3S. The van der Waals surface area contributed by atoms with Crippen LogP contribution in [0.15, 0.2) is 6.20 Å². The summed E-state index contributed by atoms with van der Waals surface area (Å²) < 4.78 is 23.3. The van der Waals surface area contributed by atoms with Crippen LogP contribution < -0.4 is 5.32 Å². The van der Waals surface area contributed by atoms with Crippen molar-refractivity contribution in [3.63, 3.8) is 0 Å². The molecule has 0 spiro atoms. The summed E-state index contributed by atoms with van der Waals surface area (Å²) in [4.78, 5) is 23.8. The molecule has 1 aromatic rings. The summed E-state index contributed by atoms with van der Waals surface area (Å²) in [6, 6.07) is 0.463. The van der Waals surface area contributed by atoms with E-state index in [9.17, 15) is 13.2 Å². The minimum atomic E-state index is -3.01. The van der Waals surface area contributed by atoms with E-state index in [1.165, 1.54) is 25.7 Å². The van der Waals surface area contributed by atoms with Crippen molar-refractivity contribution in [2.45, 2.75) is 50.5 Å². The molecule has 4 aliphatic rings. The fraction of sp³-hybridized carbons (Fsp3) is 0.737. The lowest BCUT2D eigenvalue weighted by atomic mass is 9.95. The maximum absolute atomic E-state index is 13.0. The van der Waals surface area contributed by atoms with Crippen LogP contribution in [0.5, 0.6) is 0 Å². The fourth-order valence-corrected chi connectivity index (χ4v) is 6.17. The monoisotopic (exact) mass is 390 g/mol. The van der Waals surface area contributed by atoms with Crippen LogP contribution in [0.3, 0.4) is 0 Å². The molecule has 1 aliphatic heterocycles. The molecule has 2 bridgehead atoms. The minimum Gasteiger partial charge on any atom is -0.351 e. The molecular weight excluding hydrogens is 364 g/mol. The van der Waals surface area contributed by atoms with E-state index >= 15 is 0 Å². The number of rotatable bonds is 4. The van der Waals surface area contributed by atoms with E-state index in [1.54, 1.807) is 11.1 Å². The Morgan fingerprint density at radius 3 is 2.52 bits per heavy atom. The van der Waals surface area contributed by atoms with E-state index in [0.29, 0.717) is 23.5 Å². The molecule has 5 rings (SSSR count). The van der Waals surface area contributed by atoms with Crippen LogP contribution in [-0.4, -0.2) is 59.8 Å². The third-order valence-electron chi connectivity index (χ3n) is 6.70. The smallest absolute Gasteiger partial charge is 0.257 e. The lowest BCUT2D eigenvalue weighted by Gasteiger charge is -2.27. The van der Waals surface area contributed by atoms with Crippen molar-refractivity contribution in [2.75, 3.05) is 29.9 Å². The Labute approximate surface area is 159 Å². The van der Waals surface area contributed by atoms with Gasteiger partial charge in [0.1, 0.15) is 0 Å². The van der Waals surface area contributed by atoms with Gasteiger partial charge < -0.3 is 10.2 Å². The maximum atomic E-state index is 13.0.